The van der Waals surface area contributed by atoms with E-state index >= 15 is 0 Å². The number of methoxy groups -OCH3 is 2. The van der Waals surface area contributed by atoms with E-state index in [9.17, 15) is 9.36 Å². The van der Waals surface area contributed by atoms with Gasteiger partial charge in [-0.1, -0.05) is 18.9 Å². The second kappa shape index (κ2) is 6.08. The number of rotatable bonds is 4. The molecule has 2 saturated heterocycles. The van der Waals surface area contributed by atoms with Crippen molar-refractivity contribution in [3.8, 4) is 11.5 Å². The molecule has 0 saturated carbocycles. The largest absolute Gasteiger partial charge is 0.496 e. The lowest BCUT2D eigenvalue weighted by molar-refractivity contribution is 0.106. The Morgan fingerprint density at radius 2 is 1.50 bits per heavy atom. The monoisotopic (exact) mass is 322 g/mol. The number of hydrogen-bond donors (Lipinski definition) is 0. The van der Waals surface area contributed by atoms with Crippen LogP contribution in [0.3, 0.4) is 0 Å². The van der Waals surface area contributed by atoms with Crippen molar-refractivity contribution in [1.82, 2.24) is 0 Å². The highest BCUT2D eigenvalue weighted by molar-refractivity contribution is 7.82. The first-order chi connectivity index (χ1) is 10.6. The lowest BCUT2D eigenvalue weighted by Gasteiger charge is -2.23. The highest BCUT2D eigenvalue weighted by Crippen LogP contribution is 2.69. The van der Waals surface area contributed by atoms with Gasteiger partial charge < -0.3 is 14.0 Å². The first kappa shape index (κ1) is 15.6. The van der Waals surface area contributed by atoms with E-state index in [0.717, 1.165) is 38.5 Å². The van der Waals surface area contributed by atoms with E-state index in [-0.39, 0.29) is 16.8 Å². The van der Waals surface area contributed by atoms with Crippen LogP contribution in [0, 0.1) is 0 Å². The minimum atomic E-state index is -2.92. The van der Waals surface area contributed by atoms with E-state index in [2.05, 4.69) is 0 Å². The molecule has 2 aliphatic rings. The molecule has 2 fully saturated rings. The predicted molar refractivity (Wildman–Crippen MR) is 86.8 cm³/mol. The van der Waals surface area contributed by atoms with Gasteiger partial charge in [-0.05, 0) is 37.8 Å². The molecule has 0 aromatic heterocycles. The fourth-order valence-corrected chi connectivity index (χ4v) is 8.09. The van der Waals surface area contributed by atoms with Gasteiger partial charge in [0.15, 0.2) is 7.14 Å². The Kier molecular flexibility index (Phi) is 4.31. The summed E-state index contributed by atoms with van der Waals surface area (Å²) in [5, 5.41) is 0. The molecule has 4 nitrogen and oxygen atoms in total. The van der Waals surface area contributed by atoms with Crippen molar-refractivity contribution in [2.45, 2.75) is 49.8 Å². The molecule has 0 N–H and O–H groups in total. The van der Waals surface area contributed by atoms with Crippen LogP contribution in [0.1, 0.15) is 48.9 Å². The predicted octanol–water partition coefficient (Wildman–Crippen LogP) is 4.31. The summed E-state index contributed by atoms with van der Waals surface area (Å²) in [7, 11) is 0.142. The van der Waals surface area contributed by atoms with Gasteiger partial charge in [-0.15, -0.1) is 0 Å². The lowest BCUT2D eigenvalue weighted by atomic mass is 10.0. The molecule has 120 valence electrons. The summed E-state index contributed by atoms with van der Waals surface area (Å²) < 4.78 is 24.4. The summed E-state index contributed by atoms with van der Waals surface area (Å²) in [6.07, 6.45) is 5.84. The second-order valence-corrected chi connectivity index (χ2v) is 9.51. The maximum Gasteiger partial charge on any atom is 0.229 e. The van der Waals surface area contributed by atoms with Crippen LogP contribution in [-0.4, -0.2) is 31.1 Å². The first-order valence-electron chi connectivity index (χ1n) is 7.98. The van der Waals surface area contributed by atoms with Crippen LogP contribution < -0.4 is 9.47 Å². The summed E-state index contributed by atoms with van der Waals surface area (Å²) in [6, 6.07) is 5.26. The standard InChI is InChI=1S/C17H23O4P/c1-20-14-8-5-9-15(21-2)16(14)17(18)22(19)12-6-3-4-7-13(22)11-10-12/h5,8-9,12-13H,3-4,6-7,10-11H2,1-2H3. The Labute approximate surface area is 131 Å². The van der Waals surface area contributed by atoms with Gasteiger partial charge in [0.2, 0.25) is 5.52 Å². The Bertz CT molecular complexity index is 585. The van der Waals surface area contributed by atoms with Gasteiger partial charge in [-0.25, -0.2) is 0 Å². The molecule has 0 spiro atoms. The molecule has 0 amide bonds. The zero-order valence-corrected chi connectivity index (χ0v) is 14.1. The maximum atomic E-state index is 13.8. The minimum Gasteiger partial charge on any atom is -0.496 e. The third-order valence-corrected chi connectivity index (χ3v) is 9.26. The van der Waals surface area contributed by atoms with Gasteiger partial charge in [0.1, 0.15) is 17.1 Å². The minimum absolute atomic E-state index is 0.0575. The Morgan fingerprint density at radius 1 is 1.00 bits per heavy atom. The molecule has 3 rings (SSSR count). The molecule has 0 radical (unpaired) electrons. The van der Waals surface area contributed by atoms with Gasteiger partial charge in [0.25, 0.3) is 0 Å². The van der Waals surface area contributed by atoms with Crippen LogP contribution in [0.2, 0.25) is 0 Å². The summed E-state index contributed by atoms with van der Waals surface area (Å²) >= 11 is 0. The molecule has 1 aromatic rings. The molecule has 2 atom stereocenters. The average Bonchev–Trinajstić information content (AvgIpc) is 2.74. The van der Waals surface area contributed by atoms with Gasteiger partial charge in [-0.2, -0.15) is 0 Å². The fourth-order valence-electron chi connectivity index (χ4n) is 4.07. The molecule has 2 heterocycles. The van der Waals surface area contributed by atoms with Crippen molar-refractivity contribution in [2.24, 2.45) is 0 Å². The van der Waals surface area contributed by atoms with Gasteiger partial charge >= 0.3 is 0 Å². The first-order valence-corrected chi connectivity index (χ1v) is 9.82. The Hall–Kier alpha value is -1.28. The van der Waals surface area contributed by atoms with E-state index in [0.29, 0.717) is 17.1 Å². The van der Waals surface area contributed by atoms with Crippen molar-refractivity contribution < 1.29 is 18.8 Å². The molecular formula is C17H23O4P. The zero-order chi connectivity index (χ0) is 15.7. The van der Waals surface area contributed by atoms with E-state index in [1.807, 2.05) is 0 Å². The van der Waals surface area contributed by atoms with Gasteiger partial charge in [-0.3, -0.25) is 4.79 Å². The summed E-state index contributed by atoms with van der Waals surface area (Å²) in [5.74, 6) is 0.923. The highest BCUT2D eigenvalue weighted by Gasteiger charge is 2.52. The van der Waals surface area contributed by atoms with Crippen LogP contribution >= 0.6 is 7.14 Å². The number of hydrogen-bond acceptors (Lipinski definition) is 4. The molecule has 0 aliphatic carbocycles. The van der Waals surface area contributed by atoms with Crippen molar-refractivity contribution in [3.05, 3.63) is 23.8 Å². The number of benzene rings is 1. The zero-order valence-electron chi connectivity index (χ0n) is 13.2. The molecule has 5 heteroatoms. The molecule has 1 aromatic carbocycles. The number of ether oxygens (including phenoxy) is 2. The van der Waals surface area contributed by atoms with Crippen LogP contribution in [0.4, 0.5) is 0 Å². The smallest absolute Gasteiger partial charge is 0.229 e. The Morgan fingerprint density at radius 3 is 1.95 bits per heavy atom. The average molecular weight is 322 g/mol. The third kappa shape index (κ3) is 2.28. The van der Waals surface area contributed by atoms with Crippen LogP contribution in [-0.2, 0) is 4.57 Å². The summed E-state index contributed by atoms with van der Waals surface area (Å²) in [5.41, 5.74) is 0.259. The van der Waals surface area contributed by atoms with E-state index < -0.39 is 7.14 Å². The SMILES string of the molecule is COc1cccc(OC)c1C(=O)P1(=O)C2CCCCC1CC2. The molecule has 2 unspecified atom stereocenters. The molecule has 2 aliphatic heterocycles. The molecule has 2 bridgehead atoms. The summed E-state index contributed by atoms with van der Waals surface area (Å²) in [6.45, 7) is 0. The quantitative estimate of drug-likeness (QED) is 0.775. The molecular weight excluding hydrogens is 299 g/mol. The molecule has 22 heavy (non-hydrogen) atoms. The van der Waals surface area contributed by atoms with E-state index in [1.54, 1.807) is 18.2 Å². The van der Waals surface area contributed by atoms with E-state index in [1.165, 1.54) is 14.2 Å². The lowest BCUT2D eigenvalue weighted by Crippen LogP contribution is -2.16. The number of carbonyl (C=O) groups excluding carboxylic acids is 1. The van der Waals surface area contributed by atoms with Crippen molar-refractivity contribution in [3.63, 3.8) is 0 Å². The van der Waals surface area contributed by atoms with Crippen molar-refractivity contribution >= 4 is 12.7 Å². The Balaban J connectivity index is 2.09. The van der Waals surface area contributed by atoms with Crippen molar-refractivity contribution in [2.75, 3.05) is 14.2 Å². The van der Waals surface area contributed by atoms with Crippen LogP contribution in [0.5, 0.6) is 11.5 Å². The number of fused-ring (bicyclic) bond motifs is 2. The van der Waals surface area contributed by atoms with Crippen LogP contribution in [0.25, 0.3) is 0 Å². The van der Waals surface area contributed by atoms with Crippen molar-refractivity contribution in [1.29, 1.82) is 0 Å². The summed E-state index contributed by atoms with van der Waals surface area (Å²) in [4.78, 5) is 13.3. The number of carbonyl (C=O) groups is 1. The van der Waals surface area contributed by atoms with Gasteiger partial charge in [0, 0.05) is 11.3 Å². The second-order valence-electron chi connectivity index (χ2n) is 6.22. The van der Waals surface area contributed by atoms with Crippen LogP contribution in [0.15, 0.2) is 18.2 Å². The van der Waals surface area contributed by atoms with E-state index in [4.69, 9.17) is 9.47 Å². The fraction of sp³-hybridized carbons (Fsp3) is 0.588. The maximum absolute atomic E-state index is 13.8. The highest BCUT2D eigenvalue weighted by atomic mass is 31.2. The normalized spacial score (nSPS) is 30.6. The topological polar surface area (TPSA) is 52.6 Å². The third-order valence-electron chi connectivity index (χ3n) is 5.20. The van der Waals surface area contributed by atoms with Gasteiger partial charge in [0.05, 0.1) is 14.2 Å².